The summed E-state index contributed by atoms with van der Waals surface area (Å²) < 4.78 is 6.73. The van der Waals surface area contributed by atoms with E-state index < -0.39 is 0 Å². The molecule has 6 nitrogen and oxygen atoms in total. The first-order valence-corrected chi connectivity index (χ1v) is 6.05. The van der Waals surface area contributed by atoms with Gasteiger partial charge in [0.2, 0.25) is 5.95 Å². The molecule has 0 saturated heterocycles. The number of hydrogen-bond acceptors (Lipinski definition) is 5. The summed E-state index contributed by atoms with van der Waals surface area (Å²) in [5.74, 6) is 1.53. The Balaban J connectivity index is 1.93. The van der Waals surface area contributed by atoms with E-state index in [1.807, 2.05) is 42.5 Å². The average molecular weight is 267 g/mol. The topological polar surface area (TPSA) is 78.3 Å². The van der Waals surface area contributed by atoms with Gasteiger partial charge in [0.15, 0.2) is 0 Å². The second-order valence-corrected chi connectivity index (χ2v) is 4.16. The Labute approximate surface area is 115 Å². The number of fused-ring (bicyclic) bond motifs is 1. The lowest BCUT2D eigenvalue weighted by Gasteiger charge is -2.00. The summed E-state index contributed by atoms with van der Waals surface area (Å²) in [4.78, 5) is 8.12. The highest BCUT2D eigenvalue weighted by Crippen LogP contribution is 2.14. The molecule has 2 N–H and O–H groups in total. The highest BCUT2D eigenvalue weighted by Gasteiger charge is 2.03. The summed E-state index contributed by atoms with van der Waals surface area (Å²) in [5.41, 5.74) is 7.49. The molecule has 20 heavy (non-hydrogen) atoms. The minimum Gasteiger partial charge on any atom is -0.497 e. The first-order chi connectivity index (χ1) is 9.76. The standard InChI is InChI=1S/C14H13N5O/c1-20-12-6-3-10(4-7-12)2-5-11-8-9-16-14-17-13(15)18-19(11)14/h2-9H,1H3,(H2,15,18). The van der Waals surface area contributed by atoms with Crippen LogP contribution in [0.3, 0.4) is 0 Å². The third-order valence-electron chi connectivity index (χ3n) is 2.85. The maximum atomic E-state index is 5.58. The van der Waals surface area contributed by atoms with E-state index in [-0.39, 0.29) is 5.95 Å². The lowest BCUT2D eigenvalue weighted by atomic mass is 10.2. The van der Waals surface area contributed by atoms with E-state index >= 15 is 0 Å². The molecule has 2 heterocycles. The molecule has 0 unspecified atom stereocenters. The van der Waals surface area contributed by atoms with Gasteiger partial charge in [0.05, 0.1) is 12.8 Å². The van der Waals surface area contributed by atoms with Gasteiger partial charge in [-0.1, -0.05) is 18.2 Å². The number of nitrogens with two attached hydrogens (primary N) is 1. The van der Waals surface area contributed by atoms with E-state index in [0.717, 1.165) is 17.0 Å². The Kier molecular flexibility index (Phi) is 3.04. The van der Waals surface area contributed by atoms with Crippen LogP contribution in [0.25, 0.3) is 17.9 Å². The van der Waals surface area contributed by atoms with Crippen LogP contribution in [0, 0.1) is 0 Å². The van der Waals surface area contributed by atoms with Crippen molar-refractivity contribution in [3.63, 3.8) is 0 Å². The summed E-state index contributed by atoms with van der Waals surface area (Å²) in [7, 11) is 1.65. The minimum absolute atomic E-state index is 0.211. The lowest BCUT2D eigenvalue weighted by Crippen LogP contribution is -1.95. The van der Waals surface area contributed by atoms with Crippen molar-refractivity contribution in [3.8, 4) is 5.75 Å². The zero-order valence-corrected chi connectivity index (χ0v) is 10.9. The fourth-order valence-electron chi connectivity index (χ4n) is 1.85. The number of nitrogen functional groups attached to an aromatic ring is 1. The van der Waals surface area contributed by atoms with Crippen LogP contribution in [0.15, 0.2) is 36.5 Å². The van der Waals surface area contributed by atoms with Crippen LogP contribution < -0.4 is 10.5 Å². The fraction of sp³-hybridized carbons (Fsp3) is 0.0714. The molecule has 0 bridgehead atoms. The predicted molar refractivity (Wildman–Crippen MR) is 77.1 cm³/mol. The molecule has 0 aliphatic rings. The number of anilines is 1. The normalized spacial score (nSPS) is 11.2. The van der Waals surface area contributed by atoms with Gasteiger partial charge in [0.1, 0.15) is 5.75 Å². The molecular weight excluding hydrogens is 254 g/mol. The first-order valence-electron chi connectivity index (χ1n) is 6.05. The van der Waals surface area contributed by atoms with Crippen molar-refractivity contribution in [3.05, 3.63) is 47.8 Å². The van der Waals surface area contributed by atoms with Gasteiger partial charge in [-0.05, 0) is 29.8 Å². The number of rotatable bonds is 3. The molecule has 3 aromatic rings. The van der Waals surface area contributed by atoms with Crippen LogP contribution in [0.5, 0.6) is 5.75 Å². The van der Waals surface area contributed by atoms with Crippen molar-refractivity contribution in [1.82, 2.24) is 19.6 Å². The molecule has 0 atom stereocenters. The van der Waals surface area contributed by atoms with Crippen molar-refractivity contribution >= 4 is 23.9 Å². The Morgan fingerprint density at radius 1 is 1.15 bits per heavy atom. The van der Waals surface area contributed by atoms with Crippen molar-refractivity contribution in [2.24, 2.45) is 0 Å². The molecule has 0 fully saturated rings. The largest absolute Gasteiger partial charge is 0.497 e. The molecule has 3 rings (SSSR count). The number of methoxy groups -OCH3 is 1. The van der Waals surface area contributed by atoms with Crippen LogP contribution >= 0.6 is 0 Å². The van der Waals surface area contributed by atoms with Gasteiger partial charge in [-0.25, -0.2) is 4.98 Å². The van der Waals surface area contributed by atoms with Gasteiger partial charge in [-0.15, -0.1) is 5.10 Å². The third-order valence-corrected chi connectivity index (χ3v) is 2.85. The smallest absolute Gasteiger partial charge is 0.254 e. The number of aromatic nitrogens is 4. The quantitative estimate of drug-likeness (QED) is 0.784. The molecule has 0 saturated carbocycles. The van der Waals surface area contributed by atoms with Gasteiger partial charge in [0, 0.05) is 6.20 Å². The van der Waals surface area contributed by atoms with Gasteiger partial charge in [0.25, 0.3) is 5.78 Å². The van der Waals surface area contributed by atoms with Gasteiger partial charge >= 0.3 is 0 Å². The Morgan fingerprint density at radius 3 is 2.70 bits per heavy atom. The minimum atomic E-state index is 0.211. The van der Waals surface area contributed by atoms with Crippen LogP contribution in [0.1, 0.15) is 11.3 Å². The SMILES string of the molecule is COc1ccc(C=Cc2ccnc3nc(N)nn23)cc1. The van der Waals surface area contributed by atoms with Crippen LogP contribution in [-0.4, -0.2) is 26.7 Å². The van der Waals surface area contributed by atoms with Crippen molar-refractivity contribution in [1.29, 1.82) is 0 Å². The van der Waals surface area contributed by atoms with Crippen molar-refractivity contribution in [2.75, 3.05) is 12.8 Å². The second-order valence-electron chi connectivity index (χ2n) is 4.16. The summed E-state index contributed by atoms with van der Waals surface area (Å²) in [6, 6.07) is 9.62. The highest BCUT2D eigenvalue weighted by molar-refractivity contribution is 5.69. The average Bonchev–Trinajstić information content (AvgIpc) is 2.86. The molecule has 100 valence electrons. The molecule has 1 aromatic carbocycles. The second kappa shape index (κ2) is 5.00. The van der Waals surface area contributed by atoms with Gasteiger partial charge in [-0.3, -0.25) is 0 Å². The molecule has 0 aliphatic heterocycles. The first kappa shape index (κ1) is 12.2. The Hall–Kier alpha value is -2.89. The van der Waals surface area contributed by atoms with Gasteiger partial charge < -0.3 is 10.5 Å². The van der Waals surface area contributed by atoms with Crippen LogP contribution in [0.2, 0.25) is 0 Å². The molecule has 6 heteroatoms. The van der Waals surface area contributed by atoms with Crippen molar-refractivity contribution < 1.29 is 4.74 Å². The maximum Gasteiger partial charge on any atom is 0.254 e. The Bertz CT molecular complexity index is 761. The molecule has 0 radical (unpaired) electrons. The molecular formula is C14H13N5O. The monoisotopic (exact) mass is 267 g/mol. The number of ether oxygens (including phenoxy) is 1. The zero-order chi connectivity index (χ0) is 13.9. The summed E-state index contributed by atoms with van der Waals surface area (Å²) in [6.07, 6.45) is 5.59. The maximum absolute atomic E-state index is 5.58. The summed E-state index contributed by atoms with van der Waals surface area (Å²) >= 11 is 0. The van der Waals surface area contributed by atoms with E-state index in [1.165, 1.54) is 0 Å². The van der Waals surface area contributed by atoms with Gasteiger partial charge in [-0.2, -0.15) is 9.50 Å². The third kappa shape index (κ3) is 2.31. The van der Waals surface area contributed by atoms with E-state index in [9.17, 15) is 0 Å². The number of hydrogen-bond donors (Lipinski definition) is 1. The van der Waals surface area contributed by atoms with Crippen molar-refractivity contribution in [2.45, 2.75) is 0 Å². The van der Waals surface area contributed by atoms with E-state index in [0.29, 0.717) is 5.78 Å². The number of benzene rings is 1. The summed E-state index contributed by atoms with van der Waals surface area (Å²) in [5, 5.41) is 4.10. The molecule has 0 amide bonds. The Morgan fingerprint density at radius 2 is 1.95 bits per heavy atom. The lowest BCUT2D eigenvalue weighted by molar-refractivity contribution is 0.415. The zero-order valence-electron chi connectivity index (χ0n) is 10.9. The highest BCUT2D eigenvalue weighted by atomic mass is 16.5. The summed E-state index contributed by atoms with van der Waals surface area (Å²) in [6.45, 7) is 0. The molecule has 2 aromatic heterocycles. The molecule has 0 spiro atoms. The fourth-order valence-corrected chi connectivity index (χ4v) is 1.85. The number of nitrogens with zero attached hydrogens (tertiary/aromatic N) is 4. The van der Waals surface area contributed by atoms with E-state index in [4.69, 9.17) is 10.5 Å². The van der Waals surface area contributed by atoms with E-state index in [2.05, 4.69) is 15.1 Å². The molecule has 0 aliphatic carbocycles. The van der Waals surface area contributed by atoms with Crippen LogP contribution in [-0.2, 0) is 0 Å². The predicted octanol–water partition coefficient (Wildman–Crippen LogP) is 1.89. The van der Waals surface area contributed by atoms with E-state index in [1.54, 1.807) is 17.8 Å². The van der Waals surface area contributed by atoms with Crippen LogP contribution in [0.4, 0.5) is 5.95 Å².